The van der Waals surface area contributed by atoms with E-state index in [0.29, 0.717) is 11.5 Å². The number of carbonyl (C=O) groups excluding carboxylic acids is 1. The van der Waals surface area contributed by atoms with Crippen molar-refractivity contribution in [3.63, 3.8) is 0 Å². The third-order valence-corrected chi connectivity index (χ3v) is 2.64. The van der Waals surface area contributed by atoms with Crippen molar-refractivity contribution >= 4 is 11.8 Å². The van der Waals surface area contributed by atoms with Gasteiger partial charge in [-0.05, 0) is 25.7 Å². The number of hydrogen-bond acceptors (Lipinski definition) is 4. The second-order valence-corrected chi connectivity index (χ2v) is 4.12. The van der Waals surface area contributed by atoms with Crippen LogP contribution < -0.4 is 11.1 Å². The Morgan fingerprint density at radius 3 is 2.56 bits per heavy atom. The van der Waals surface area contributed by atoms with Gasteiger partial charge in [0, 0.05) is 11.3 Å². The van der Waals surface area contributed by atoms with Crippen LogP contribution in [0.5, 0.6) is 0 Å². The summed E-state index contributed by atoms with van der Waals surface area (Å²) in [5, 5.41) is 10.4. The lowest BCUT2D eigenvalue weighted by atomic mass is 10.1. The first-order valence-corrected chi connectivity index (χ1v) is 5.76. The zero-order valence-corrected chi connectivity index (χ0v) is 10.7. The summed E-state index contributed by atoms with van der Waals surface area (Å²) in [5.41, 5.74) is 6.72. The first kappa shape index (κ1) is 14.0. The van der Waals surface area contributed by atoms with E-state index in [0.717, 1.165) is 18.5 Å². The fraction of sp³-hybridized carbons (Fsp3) is 0.385. The summed E-state index contributed by atoms with van der Waals surface area (Å²) in [7, 11) is 1.29. The number of rotatable bonds is 6. The molecule has 0 aromatic heterocycles. The first-order chi connectivity index (χ1) is 8.51. The van der Waals surface area contributed by atoms with E-state index >= 15 is 0 Å². The van der Waals surface area contributed by atoms with E-state index in [1.807, 2.05) is 0 Å². The van der Waals surface area contributed by atoms with Crippen LogP contribution in [0.1, 0.15) is 19.8 Å². The molecule has 1 rings (SSSR count). The molecule has 0 saturated heterocycles. The molecule has 0 spiro atoms. The van der Waals surface area contributed by atoms with E-state index in [-0.39, 0.29) is 11.5 Å². The molecule has 18 heavy (non-hydrogen) atoms. The molecule has 0 aliphatic heterocycles. The Morgan fingerprint density at radius 2 is 2.17 bits per heavy atom. The number of nitrogens with one attached hydrogen (secondary N) is 2. The average Bonchev–Trinajstić information content (AvgIpc) is 3.16. The second-order valence-electron chi connectivity index (χ2n) is 4.12. The van der Waals surface area contributed by atoms with Crippen LogP contribution in [0, 0.1) is 11.3 Å². The minimum absolute atomic E-state index is 0.167. The monoisotopic (exact) mass is 249 g/mol. The van der Waals surface area contributed by atoms with Crippen molar-refractivity contribution in [3.05, 3.63) is 35.7 Å². The Morgan fingerprint density at radius 1 is 1.56 bits per heavy atom. The number of esters is 1. The van der Waals surface area contributed by atoms with Gasteiger partial charge in [-0.25, -0.2) is 4.79 Å². The molecule has 5 nitrogen and oxygen atoms in total. The number of allylic oxidation sites excluding steroid dienone is 2. The molecule has 4 N–H and O–H groups in total. The number of hydrogen-bond donors (Lipinski definition) is 3. The van der Waals surface area contributed by atoms with Crippen molar-refractivity contribution in [3.8, 4) is 0 Å². The van der Waals surface area contributed by atoms with Gasteiger partial charge in [0.05, 0.1) is 7.11 Å². The van der Waals surface area contributed by atoms with Gasteiger partial charge in [-0.1, -0.05) is 18.7 Å². The van der Waals surface area contributed by atoms with Crippen LogP contribution in [0.25, 0.3) is 0 Å². The van der Waals surface area contributed by atoms with Crippen LogP contribution in [0.4, 0.5) is 0 Å². The maximum Gasteiger partial charge on any atom is 0.355 e. The van der Waals surface area contributed by atoms with Gasteiger partial charge in [-0.15, -0.1) is 0 Å². The zero-order valence-electron chi connectivity index (χ0n) is 10.7. The van der Waals surface area contributed by atoms with Crippen molar-refractivity contribution in [1.82, 2.24) is 5.32 Å². The van der Waals surface area contributed by atoms with Crippen LogP contribution >= 0.6 is 0 Å². The SMILES string of the molecule is C=C(NC(C(=O)OC)=C(/C=C\C)C(=N)N)C1CC1. The average molecular weight is 249 g/mol. The van der Waals surface area contributed by atoms with Gasteiger partial charge in [0.25, 0.3) is 0 Å². The maximum atomic E-state index is 11.7. The molecule has 98 valence electrons. The van der Waals surface area contributed by atoms with Crippen molar-refractivity contribution in [1.29, 1.82) is 5.41 Å². The zero-order chi connectivity index (χ0) is 13.7. The Hall–Kier alpha value is -2.04. The molecule has 0 aromatic carbocycles. The summed E-state index contributed by atoms with van der Waals surface area (Å²) in [6, 6.07) is 0. The molecular formula is C13H19N3O2. The van der Waals surface area contributed by atoms with Crippen molar-refractivity contribution in [2.24, 2.45) is 11.7 Å². The highest BCUT2D eigenvalue weighted by Gasteiger charge is 2.27. The van der Waals surface area contributed by atoms with Gasteiger partial charge >= 0.3 is 5.97 Å². The third-order valence-electron chi connectivity index (χ3n) is 2.64. The Bertz CT molecular complexity index is 432. The normalized spacial score (nSPS) is 16.1. The number of ether oxygens (including phenoxy) is 1. The van der Waals surface area contributed by atoms with E-state index in [2.05, 4.69) is 11.9 Å². The quantitative estimate of drug-likeness (QED) is 0.218. The summed E-state index contributed by atoms with van der Waals surface area (Å²) in [6.45, 7) is 5.67. The molecule has 0 bridgehead atoms. The number of nitrogens with two attached hydrogens (primary N) is 1. The predicted octanol–water partition coefficient (Wildman–Crippen LogP) is 1.44. The predicted molar refractivity (Wildman–Crippen MR) is 70.8 cm³/mol. The first-order valence-electron chi connectivity index (χ1n) is 5.76. The Balaban J connectivity index is 3.07. The molecule has 0 amide bonds. The van der Waals surface area contributed by atoms with Crippen LogP contribution in [0.2, 0.25) is 0 Å². The van der Waals surface area contributed by atoms with E-state index in [9.17, 15) is 4.79 Å². The van der Waals surface area contributed by atoms with Crippen LogP contribution in [-0.2, 0) is 9.53 Å². The van der Waals surface area contributed by atoms with Crippen molar-refractivity contribution in [2.45, 2.75) is 19.8 Å². The smallest absolute Gasteiger partial charge is 0.355 e. The highest BCUT2D eigenvalue weighted by Crippen LogP contribution is 2.34. The van der Waals surface area contributed by atoms with Gasteiger partial charge in [-0.2, -0.15) is 0 Å². The number of amidine groups is 1. The van der Waals surface area contributed by atoms with Crippen LogP contribution in [-0.4, -0.2) is 18.9 Å². The molecule has 0 heterocycles. The largest absolute Gasteiger partial charge is 0.464 e. The topological polar surface area (TPSA) is 88.2 Å². The lowest BCUT2D eigenvalue weighted by molar-refractivity contribution is -0.136. The fourth-order valence-electron chi connectivity index (χ4n) is 1.50. The molecule has 0 atom stereocenters. The molecule has 1 aliphatic carbocycles. The molecule has 5 heteroatoms. The Kier molecular flexibility index (Phi) is 4.71. The summed E-state index contributed by atoms with van der Waals surface area (Å²) in [6.07, 6.45) is 5.45. The minimum Gasteiger partial charge on any atom is -0.464 e. The molecule has 1 saturated carbocycles. The fourth-order valence-corrected chi connectivity index (χ4v) is 1.50. The molecule has 0 aromatic rings. The highest BCUT2D eigenvalue weighted by atomic mass is 16.5. The van der Waals surface area contributed by atoms with Gasteiger partial charge in [-0.3, -0.25) is 5.41 Å². The maximum absolute atomic E-state index is 11.7. The van der Waals surface area contributed by atoms with Crippen molar-refractivity contribution < 1.29 is 9.53 Å². The van der Waals surface area contributed by atoms with Crippen LogP contribution in [0.3, 0.4) is 0 Å². The van der Waals surface area contributed by atoms with E-state index in [4.69, 9.17) is 15.9 Å². The molecule has 0 radical (unpaired) electrons. The number of methoxy groups -OCH3 is 1. The lowest BCUT2D eigenvalue weighted by Gasteiger charge is -2.14. The summed E-state index contributed by atoms with van der Waals surface area (Å²) >= 11 is 0. The molecule has 1 fully saturated rings. The summed E-state index contributed by atoms with van der Waals surface area (Å²) in [4.78, 5) is 11.7. The van der Waals surface area contributed by atoms with Gasteiger partial charge in [0.15, 0.2) is 0 Å². The molecule has 0 unspecified atom stereocenters. The van der Waals surface area contributed by atoms with Gasteiger partial charge in [0.1, 0.15) is 11.5 Å². The number of carbonyl (C=O) groups is 1. The Labute approximate surface area is 107 Å². The van der Waals surface area contributed by atoms with E-state index in [1.54, 1.807) is 19.1 Å². The van der Waals surface area contributed by atoms with Crippen molar-refractivity contribution in [2.75, 3.05) is 7.11 Å². The highest BCUT2D eigenvalue weighted by molar-refractivity contribution is 6.05. The van der Waals surface area contributed by atoms with E-state index in [1.165, 1.54) is 7.11 Å². The summed E-state index contributed by atoms with van der Waals surface area (Å²) < 4.78 is 4.70. The summed E-state index contributed by atoms with van der Waals surface area (Å²) in [5.74, 6) is -0.354. The van der Waals surface area contributed by atoms with E-state index < -0.39 is 5.97 Å². The van der Waals surface area contributed by atoms with Gasteiger partial charge in [0.2, 0.25) is 0 Å². The second kappa shape index (κ2) is 6.05. The molecular weight excluding hydrogens is 230 g/mol. The van der Waals surface area contributed by atoms with Gasteiger partial charge < -0.3 is 15.8 Å². The molecule has 1 aliphatic rings. The van der Waals surface area contributed by atoms with Crippen LogP contribution in [0.15, 0.2) is 35.7 Å². The standard InChI is InChI=1S/C13H19N3O2/c1-4-5-10(12(14)15)11(13(17)18-3)16-8(2)9-6-7-9/h4-5,9,16H,2,6-7H2,1,3H3,(H3,14,15)/b5-4-,11-10?. The third kappa shape index (κ3) is 3.48. The minimum atomic E-state index is -0.555. The lowest BCUT2D eigenvalue weighted by Crippen LogP contribution is -2.27.